The number of aryl methyl sites for hydroxylation is 1. The Kier molecular flexibility index (Phi) is 4.72. The van der Waals surface area contributed by atoms with Crippen LogP contribution < -0.4 is 9.47 Å². The van der Waals surface area contributed by atoms with Gasteiger partial charge in [0.15, 0.2) is 5.76 Å². The number of esters is 1. The van der Waals surface area contributed by atoms with Gasteiger partial charge in [-0.05, 0) is 49.8 Å². The maximum Gasteiger partial charge on any atom is 0.346 e. The quantitative estimate of drug-likeness (QED) is 0.348. The van der Waals surface area contributed by atoms with Crippen molar-refractivity contribution in [2.24, 2.45) is 0 Å². The second-order valence-corrected chi connectivity index (χ2v) is 6.79. The molecular formula is C24H17FO4. The van der Waals surface area contributed by atoms with Crippen molar-refractivity contribution in [1.82, 2.24) is 0 Å². The van der Waals surface area contributed by atoms with E-state index in [1.54, 1.807) is 25.1 Å². The van der Waals surface area contributed by atoms with Crippen LogP contribution in [0.2, 0.25) is 0 Å². The van der Waals surface area contributed by atoms with Crippen molar-refractivity contribution in [3.8, 4) is 11.5 Å². The van der Waals surface area contributed by atoms with Crippen LogP contribution in [0.4, 0.5) is 4.39 Å². The first kappa shape index (κ1) is 18.6. The monoisotopic (exact) mass is 388 g/mol. The van der Waals surface area contributed by atoms with E-state index in [-0.39, 0.29) is 22.9 Å². The maximum absolute atomic E-state index is 13.8. The molecule has 144 valence electrons. The lowest BCUT2D eigenvalue weighted by Crippen LogP contribution is -2.11. The van der Waals surface area contributed by atoms with Crippen LogP contribution in [-0.4, -0.2) is 11.8 Å². The van der Waals surface area contributed by atoms with E-state index in [1.165, 1.54) is 24.3 Å². The summed E-state index contributed by atoms with van der Waals surface area (Å²) in [6.45, 7) is 3.65. The van der Waals surface area contributed by atoms with Gasteiger partial charge in [0.2, 0.25) is 5.78 Å². The van der Waals surface area contributed by atoms with Crippen molar-refractivity contribution < 1.29 is 23.5 Å². The number of hydrogen-bond donors (Lipinski definition) is 0. The summed E-state index contributed by atoms with van der Waals surface area (Å²) < 4.78 is 25.0. The minimum atomic E-state index is -0.814. The highest BCUT2D eigenvalue weighted by molar-refractivity contribution is 6.15. The highest BCUT2D eigenvalue weighted by Gasteiger charge is 2.30. The average molecular weight is 388 g/mol. The molecule has 29 heavy (non-hydrogen) atoms. The predicted octanol–water partition coefficient (Wildman–Crippen LogP) is 5.28. The number of Topliss-reactive ketones (excluding diaryl/α,β-unsaturated/α-hetero) is 1. The smallest absolute Gasteiger partial charge is 0.346 e. The highest BCUT2D eigenvalue weighted by atomic mass is 19.1. The number of carbonyl (C=O) groups excluding carboxylic acids is 2. The second-order valence-electron chi connectivity index (χ2n) is 6.79. The first-order valence-electron chi connectivity index (χ1n) is 9.05. The Morgan fingerprint density at radius 1 is 1.03 bits per heavy atom. The fourth-order valence-electron chi connectivity index (χ4n) is 3.17. The normalized spacial score (nSPS) is 13.9. The molecule has 0 unspecified atom stereocenters. The Hall–Kier alpha value is -3.73. The lowest BCUT2D eigenvalue weighted by atomic mass is 10.1. The lowest BCUT2D eigenvalue weighted by molar-refractivity contribution is 0.0728. The summed E-state index contributed by atoms with van der Waals surface area (Å²) in [6.07, 6.45) is 1.68. The van der Waals surface area contributed by atoms with Crippen LogP contribution in [0.25, 0.3) is 6.08 Å². The van der Waals surface area contributed by atoms with Crippen LogP contribution in [0, 0.1) is 19.7 Å². The van der Waals surface area contributed by atoms with E-state index in [4.69, 9.17) is 9.47 Å². The van der Waals surface area contributed by atoms with Crippen molar-refractivity contribution in [3.05, 3.63) is 100 Å². The number of benzene rings is 3. The third kappa shape index (κ3) is 3.55. The summed E-state index contributed by atoms with van der Waals surface area (Å²) in [6, 6.07) is 16.4. The Bertz CT molecular complexity index is 1180. The summed E-state index contributed by atoms with van der Waals surface area (Å²) >= 11 is 0. The van der Waals surface area contributed by atoms with Gasteiger partial charge in [-0.15, -0.1) is 0 Å². The number of ether oxygens (including phenoxy) is 2. The van der Waals surface area contributed by atoms with Crippen molar-refractivity contribution >= 4 is 17.8 Å². The summed E-state index contributed by atoms with van der Waals surface area (Å²) in [5.74, 6) is -0.964. The molecule has 3 aromatic rings. The number of fused-ring (bicyclic) bond motifs is 1. The van der Waals surface area contributed by atoms with E-state index in [2.05, 4.69) is 0 Å². The molecule has 1 aliphatic heterocycles. The number of ketones is 1. The summed E-state index contributed by atoms with van der Waals surface area (Å²) in [5, 5.41) is 0. The number of hydrogen-bond acceptors (Lipinski definition) is 4. The molecule has 0 bridgehead atoms. The van der Waals surface area contributed by atoms with Gasteiger partial charge in [0.05, 0.1) is 11.1 Å². The first-order chi connectivity index (χ1) is 13.9. The maximum atomic E-state index is 13.8. The van der Waals surface area contributed by atoms with Gasteiger partial charge in [-0.25, -0.2) is 9.18 Å². The van der Waals surface area contributed by atoms with Gasteiger partial charge < -0.3 is 9.47 Å². The van der Waals surface area contributed by atoms with Crippen molar-refractivity contribution in [2.45, 2.75) is 13.8 Å². The molecule has 0 atom stereocenters. The van der Waals surface area contributed by atoms with Crippen molar-refractivity contribution in [3.63, 3.8) is 0 Å². The molecule has 5 heteroatoms. The van der Waals surface area contributed by atoms with Crippen molar-refractivity contribution in [2.75, 3.05) is 0 Å². The molecule has 0 N–H and O–H groups in total. The molecule has 0 saturated carbocycles. The van der Waals surface area contributed by atoms with Gasteiger partial charge in [-0.2, -0.15) is 0 Å². The molecule has 0 amide bonds. The molecule has 1 heterocycles. The van der Waals surface area contributed by atoms with E-state index >= 15 is 0 Å². The number of allylic oxidation sites excluding steroid dienone is 1. The largest absolute Gasteiger partial charge is 0.452 e. The molecule has 3 aromatic carbocycles. The van der Waals surface area contributed by atoms with Crippen molar-refractivity contribution in [1.29, 1.82) is 0 Å². The standard InChI is InChI=1S/C24H17FO4/c1-14-6-5-7-16(12-14)13-21-22(26)18-10-11-20(15(2)23(18)28-21)29-24(27)17-8-3-4-9-19(17)25/h3-13H,1-2H3/b21-13-. The topological polar surface area (TPSA) is 52.6 Å². The fraction of sp³-hybridized carbons (Fsp3) is 0.0833. The lowest BCUT2D eigenvalue weighted by Gasteiger charge is -2.10. The first-order valence-corrected chi connectivity index (χ1v) is 9.05. The summed E-state index contributed by atoms with van der Waals surface area (Å²) in [5.41, 5.74) is 2.65. The Labute approximate surface area is 167 Å². The van der Waals surface area contributed by atoms with E-state index < -0.39 is 11.8 Å². The molecular weight excluding hydrogens is 371 g/mol. The molecule has 0 aromatic heterocycles. The zero-order chi connectivity index (χ0) is 20.5. The van der Waals surface area contributed by atoms with Crippen LogP contribution in [0.5, 0.6) is 11.5 Å². The number of rotatable bonds is 3. The molecule has 0 saturated heterocycles. The molecule has 0 fully saturated rings. The van der Waals surface area contributed by atoms with Gasteiger partial charge in [-0.1, -0.05) is 42.0 Å². The van der Waals surface area contributed by atoms with Crippen LogP contribution in [0.3, 0.4) is 0 Å². The zero-order valence-electron chi connectivity index (χ0n) is 15.9. The predicted molar refractivity (Wildman–Crippen MR) is 107 cm³/mol. The summed E-state index contributed by atoms with van der Waals surface area (Å²) in [4.78, 5) is 25.0. The second kappa shape index (κ2) is 7.36. The average Bonchev–Trinajstić information content (AvgIpc) is 3.01. The van der Waals surface area contributed by atoms with E-state index in [0.717, 1.165) is 11.1 Å². The van der Waals surface area contributed by atoms with Crippen LogP contribution >= 0.6 is 0 Å². The summed E-state index contributed by atoms with van der Waals surface area (Å²) in [7, 11) is 0. The molecule has 1 aliphatic rings. The van der Waals surface area contributed by atoms with E-state index in [9.17, 15) is 14.0 Å². The third-order valence-corrected chi connectivity index (χ3v) is 4.67. The number of carbonyl (C=O) groups is 2. The number of halogens is 1. The Morgan fingerprint density at radius 2 is 1.83 bits per heavy atom. The molecule has 0 aliphatic carbocycles. The van der Waals surface area contributed by atoms with Crippen LogP contribution in [0.1, 0.15) is 37.4 Å². The molecule has 0 radical (unpaired) electrons. The van der Waals surface area contributed by atoms with Gasteiger partial charge in [0.1, 0.15) is 17.3 Å². The van der Waals surface area contributed by atoms with Gasteiger partial charge >= 0.3 is 5.97 Å². The fourth-order valence-corrected chi connectivity index (χ4v) is 3.17. The Morgan fingerprint density at radius 3 is 2.59 bits per heavy atom. The zero-order valence-corrected chi connectivity index (χ0v) is 15.9. The van der Waals surface area contributed by atoms with Gasteiger partial charge in [0, 0.05) is 5.56 Å². The van der Waals surface area contributed by atoms with Crippen LogP contribution in [0.15, 0.2) is 66.4 Å². The van der Waals surface area contributed by atoms with E-state index in [1.807, 2.05) is 31.2 Å². The van der Waals surface area contributed by atoms with Gasteiger partial charge in [-0.3, -0.25) is 4.79 Å². The Balaban J connectivity index is 1.63. The highest BCUT2D eigenvalue weighted by Crippen LogP contribution is 2.39. The SMILES string of the molecule is Cc1cccc(/C=C2\Oc3c(ccc(OC(=O)c4ccccc4F)c3C)C2=O)c1. The molecule has 4 rings (SSSR count). The molecule has 0 spiro atoms. The van der Waals surface area contributed by atoms with Gasteiger partial charge in [0.25, 0.3) is 0 Å². The van der Waals surface area contributed by atoms with E-state index in [0.29, 0.717) is 16.9 Å². The third-order valence-electron chi connectivity index (χ3n) is 4.67. The minimum Gasteiger partial charge on any atom is -0.452 e. The minimum absolute atomic E-state index is 0.163. The van der Waals surface area contributed by atoms with Crippen LogP contribution in [-0.2, 0) is 0 Å². The molecule has 4 nitrogen and oxygen atoms in total.